The van der Waals surface area contributed by atoms with Crippen molar-refractivity contribution in [1.29, 1.82) is 0 Å². The number of hydrogen-bond acceptors (Lipinski definition) is 2. The molecule has 3 aromatic carbocycles. The predicted octanol–water partition coefficient (Wildman–Crippen LogP) is 5.84. The van der Waals surface area contributed by atoms with Crippen molar-refractivity contribution in [1.82, 2.24) is 4.57 Å². The number of aliphatic hydroxyl groups is 1. The summed E-state index contributed by atoms with van der Waals surface area (Å²) in [6.45, 7) is 2.22. The Hall–Kier alpha value is -2.49. The Kier molecular flexibility index (Phi) is 4.58. The maximum Gasteiger partial charge on any atom is 0.125 e. The average Bonchev–Trinajstić information content (AvgIpc) is 2.93. The van der Waals surface area contributed by atoms with Gasteiger partial charge in [-0.2, -0.15) is 0 Å². The van der Waals surface area contributed by atoms with Gasteiger partial charge in [0.1, 0.15) is 5.75 Å². The molecule has 138 valence electrons. The molecule has 0 radical (unpaired) electrons. The molecule has 0 spiro atoms. The predicted molar refractivity (Wildman–Crippen MR) is 113 cm³/mol. The lowest BCUT2D eigenvalue weighted by molar-refractivity contribution is 0.279. The van der Waals surface area contributed by atoms with Gasteiger partial charge in [-0.1, -0.05) is 48.9 Å². The van der Waals surface area contributed by atoms with Crippen LogP contribution in [-0.4, -0.2) is 21.4 Å². The molecule has 27 heavy (non-hydrogen) atoms. The molecule has 0 aliphatic heterocycles. The second kappa shape index (κ2) is 6.91. The van der Waals surface area contributed by atoms with Crippen LogP contribution in [0.5, 0.6) is 5.75 Å². The van der Waals surface area contributed by atoms with Gasteiger partial charge in [0.2, 0.25) is 0 Å². The molecule has 4 aromatic rings. The molecule has 2 N–H and O–H groups in total. The summed E-state index contributed by atoms with van der Waals surface area (Å²) < 4.78 is 2.12. The average molecular weight is 380 g/mol. The van der Waals surface area contributed by atoms with Crippen LogP contribution < -0.4 is 0 Å². The van der Waals surface area contributed by atoms with Crippen molar-refractivity contribution in [3.63, 3.8) is 0 Å². The molecule has 0 aliphatic rings. The molecule has 0 bridgehead atoms. The van der Waals surface area contributed by atoms with E-state index in [1.165, 1.54) is 0 Å². The van der Waals surface area contributed by atoms with Crippen LogP contribution in [0.1, 0.15) is 24.8 Å². The van der Waals surface area contributed by atoms with E-state index in [1.54, 1.807) is 6.07 Å². The fourth-order valence-electron chi connectivity index (χ4n) is 4.09. The van der Waals surface area contributed by atoms with Crippen molar-refractivity contribution in [2.24, 2.45) is 7.05 Å². The molecule has 4 rings (SSSR count). The zero-order valence-corrected chi connectivity index (χ0v) is 16.2. The highest BCUT2D eigenvalue weighted by Gasteiger charge is 2.24. The highest BCUT2D eigenvalue weighted by atomic mass is 35.5. The largest absolute Gasteiger partial charge is 0.507 e. The van der Waals surface area contributed by atoms with Crippen molar-refractivity contribution >= 4 is 33.3 Å². The topological polar surface area (TPSA) is 45.4 Å². The second-order valence-electron chi connectivity index (χ2n) is 7.08. The molecule has 1 aromatic heterocycles. The Bertz CT molecular complexity index is 1150. The summed E-state index contributed by atoms with van der Waals surface area (Å²) in [6, 6.07) is 17.6. The van der Waals surface area contributed by atoms with Crippen LogP contribution >= 0.6 is 11.6 Å². The number of phenolic OH excluding ortho intramolecular Hbond substituents is 1. The van der Waals surface area contributed by atoms with Gasteiger partial charge in [0.15, 0.2) is 0 Å². The Morgan fingerprint density at radius 2 is 1.81 bits per heavy atom. The number of benzene rings is 3. The normalized spacial score (nSPS) is 12.7. The molecule has 0 saturated carbocycles. The fraction of sp³-hybridized carbons (Fsp3) is 0.217. The first-order valence-corrected chi connectivity index (χ1v) is 9.50. The Morgan fingerprint density at radius 1 is 1.04 bits per heavy atom. The van der Waals surface area contributed by atoms with E-state index in [2.05, 4.69) is 17.6 Å². The molecular weight excluding hydrogens is 358 g/mol. The summed E-state index contributed by atoms with van der Waals surface area (Å²) in [5.41, 5.74) is 3.96. The van der Waals surface area contributed by atoms with Crippen LogP contribution in [0.2, 0.25) is 5.02 Å². The van der Waals surface area contributed by atoms with Crippen molar-refractivity contribution in [3.8, 4) is 17.0 Å². The van der Waals surface area contributed by atoms with E-state index in [4.69, 9.17) is 11.6 Å². The number of aromatic hydroxyl groups is 1. The van der Waals surface area contributed by atoms with Crippen molar-refractivity contribution in [2.45, 2.75) is 19.3 Å². The lowest BCUT2D eigenvalue weighted by atomic mass is 9.90. The first-order chi connectivity index (χ1) is 13.0. The van der Waals surface area contributed by atoms with Gasteiger partial charge < -0.3 is 14.8 Å². The molecule has 1 unspecified atom stereocenters. The Balaban J connectivity index is 2.16. The van der Waals surface area contributed by atoms with Gasteiger partial charge in [0.05, 0.1) is 5.69 Å². The maximum absolute atomic E-state index is 10.8. The van der Waals surface area contributed by atoms with E-state index in [0.29, 0.717) is 11.4 Å². The molecule has 0 fully saturated rings. The maximum atomic E-state index is 10.8. The number of aryl methyl sites for hydroxylation is 1. The highest BCUT2D eigenvalue weighted by molar-refractivity contribution is 6.31. The van der Waals surface area contributed by atoms with Crippen LogP contribution in [0.3, 0.4) is 0 Å². The molecule has 0 amide bonds. The standard InChI is InChI=1S/C23H22ClNO2/c1-14(11-12-26)21-18-13-16(24)8-9-19(18)25(2)23(21)22-17-6-4-3-5-15(17)7-10-20(22)27/h3-10,13-14,26-27H,11-12H2,1-2H3. The minimum atomic E-state index is 0.110. The minimum absolute atomic E-state index is 0.110. The summed E-state index contributed by atoms with van der Waals surface area (Å²) in [7, 11) is 2.02. The van der Waals surface area contributed by atoms with Gasteiger partial charge >= 0.3 is 0 Å². The Labute approximate surface area is 163 Å². The smallest absolute Gasteiger partial charge is 0.125 e. The number of rotatable bonds is 4. The third kappa shape index (κ3) is 2.88. The van der Waals surface area contributed by atoms with E-state index in [9.17, 15) is 10.2 Å². The summed E-state index contributed by atoms with van der Waals surface area (Å²) in [6.07, 6.45) is 0.643. The highest BCUT2D eigenvalue weighted by Crippen LogP contribution is 2.45. The van der Waals surface area contributed by atoms with Crippen LogP contribution in [-0.2, 0) is 7.05 Å². The Morgan fingerprint density at radius 3 is 2.59 bits per heavy atom. The molecule has 1 heterocycles. The second-order valence-corrected chi connectivity index (χ2v) is 7.51. The van der Waals surface area contributed by atoms with Gasteiger partial charge in [-0.05, 0) is 52.9 Å². The third-order valence-electron chi connectivity index (χ3n) is 5.40. The van der Waals surface area contributed by atoms with Crippen LogP contribution in [0.15, 0.2) is 54.6 Å². The molecule has 0 saturated heterocycles. The zero-order chi connectivity index (χ0) is 19.1. The van der Waals surface area contributed by atoms with Gasteiger partial charge in [-0.3, -0.25) is 0 Å². The van der Waals surface area contributed by atoms with E-state index in [0.717, 1.165) is 38.5 Å². The fourth-order valence-corrected chi connectivity index (χ4v) is 4.27. The molecular formula is C23H22ClNO2. The number of aromatic nitrogens is 1. The lowest BCUT2D eigenvalue weighted by Crippen LogP contribution is -2.01. The van der Waals surface area contributed by atoms with Gasteiger partial charge in [0.25, 0.3) is 0 Å². The van der Waals surface area contributed by atoms with E-state index in [-0.39, 0.29) is 18.3 Å². The number of hydrogen-bond donors (Lipinski definition) is 2. The minimum Gasteiger partial charge on any atom is -0.507 e. The van der Waals surface area contributed by atoms with Crippen molar-refractivity contribution in [3.05, 3.63) is 65.2 Å². The summed E-state index contributed by atoms with van der Waals surface area (Å²) in [4.78, 5) is 0. The quantitative estimate of drug-likeness (QED) is 0.467. The van der Waals surface area contributed by atoms with Crippen LogP contribution in [0.4, 0.5) is 0 Å². The first-order valence-electron chi connectivity index (χ1n) is 9.12. The monoisotopic (exact) mass is 379 g/mol. The zero-order valence-electron chi connectivity index (χ0n) is 15.4. The first kappa shape index (κ1) is 17.9. The van der Waals surface area contributed by atoms with Crippen molar-refractivity contribution in [2.75, 3.05) is 6.61 Å². The molecule has 4 heteroatoms. The number of phenols is 1. The molecule has 3 nitrogen and oxygen atoms in total. The van der Waals surface area contributed by atoms with Gasteiger partial charge in [-0.15, -0.1) is 0 Å². The summed E-state index contributed by atoms with van der Waals surface area (Å²) in [5, 5.41) is 24.2. The summed E-state index contributed by atoms with van der Waals surface area (Å²) in [5.74, 6) is 0.369. The number of fused-ring (bicyclic) bond motifs is 2. The summed E-state index contributed by atoms with van der Waals surface area (Å²) >= 11 is 6.30. The number of halogens is 1. The number of nitrogens with zero attached hydrogens (tertiary/aromatic N) is 1. The van der Waals surface area contributed by atoms with E-state index >= 15 is 0 Å². The van der Waals surface area contributed by atoms with E-state index < -0.39 is 0 Å². The third-order valence-corrected chi connectivity index (χ3v) is 5.63. The van der Waals surface area contributed by atoms with Crippen molar-refractivity contribution < 1.29 is 10.2 Å². The van der Waals surface area contributed by atoms with Crippen LogP contribution in [0.25, 0.3) is 32.9 Å². The van der Waals surface area contributed by atoms with E-state index in [1.807, 2.05) is 49.5 Å². The lowest BCUT2D eigenvalue weighted by Gasteiger charge is -2.17. The SMILES string of the molecule is CC(CCO)c1c(-c2c(O)ccc3ccccc23)n(C)c2ccc(Cl)cc12. The van der Waals surface area contributed by atoms with Crippen LogP contribution in [0, 0.1) is 0 Å². The molecule has 1 atom stereocenters. The molecule has 0 aliphatic carbocycles. The van der Waals surface area contributed by atoms with Gasteiger partial charge in [-0.25, -0.2) is 0 Å². The van der Waals surface area contributed by atoms with Gasteiger partial charge in [0, 0.05) is 35.1 Å². The number of aliphatic hydroxyl groups excluding tert-OH is 1.